The predicted molar refractivity (Wildman–Crippen MR) is 134 cm³/mol. The van der Waals surface area contributed by atoms with E-state index in [0.717, 1.165) is 36.2 Å². The topological polar surface area (TPSA) is 105 Å². The number of esters is 2. The van der Waals surface area contributed by atoms with Gasteiger partial charge in [0.1, 0.15) is 5.75 Å². The quantitative estimate of drug-likeness (QED) is 0.370. The molecule has 0 aliphatic carbocycles. The Morgan fingerprint density at radius 2 is 1.49 bits per heavy atom. The highest BCUT2D eigenvalue weighted by atomic mass is 32.2. The number of anilines is 1. The number of ether oxygens (including phenoxy) is 2. The van der Waals surface area contributed by atoms with Crippen molar-refractivity contribution >= 4 is 46.3 Å². The van der Waals surface area contributed by atoms with Gasteiger partial charge in [0.15, 0.2) is 0 Å². The molecule has 3 aromatic carbocycles. The van der Waals surface area contributed by atoms with Crippen LogP contribution in [0.3, 0.4) is 0 Å². The average Bonchev–Trinajstić information content (AvgIpc) is 2.89. The van der Waals surface area contributed by atoms with Crippen molar-refractivity contribution in [1.82, 2.24) is 4.31 Å². The monoisotopic (exact) mass is 494 g/mol. The standard InChI is InChI=1S/C26H26N2O6S/c1-33-25(31)16-12-17(26(32)34-2)14-18(13-16)27-24(30)21-15-22(35-28-10-6-3-7-11-28)19-8-4-5-9-20(19)23(21)29/h4-5,8-9,12-15,29H,3,6-7,10-11H2,1-2H3,(H,27,30). The second-order valence-corrected chi connectivity index (χ2v) is 9.27. The zero-order valence-electron chi connectivity index (χ0n) is 19.5. The molecule has 9 heteroatoms. The van der Waals surface area contributed by atoms with Crippen LogP contribution in [0.15, 0.2) is 53.4 Å². The van der Waals surface area contributed by atoms with Crippen molar-refractivity contribution in [3.8, 4) is 5.75 Å². The van der Waals surface area contributed by atoms with Crippen LogP contribution in [0.25, 0.3) is 10.8 Å². The zero-order chi connectivity index (χ0) is 24.9. The summed E-state index contributed by atoms with van der Waals surface area (Å²) in [5, 5.41) is 15.1. The lowest BCUT2D eigenvalue weighted by Crippen LogP contribution is -2.23. The van der Waals surface area contributed by atoms with Gasteiger partial charge in [-0.05, 0) is 49.1 Å². The van der Waals surface area contributed by atoms with Crippen LogP contribution in [0, 0.1) is 0 Å². The van der Waals surface area contributed by atoms with E-state index in [-0.39, 0.29) is 28.1 Å². The number of rotatable bonds is 6. The van der Waals surface area contributed by atoms with Crippen LogP contribution in [0.4, 0.5) is 5.69 Å². The molecule has 35 heavy (non-hydrogen) atoms. The second-order valence-electron chi connectivity index (χ2n) is 8.13. The number of aromatic hydroxyl groups is 1. The molecule has 1 aliphatic rings. The summed E-state index contributed by atoms with van der Waals surface area (Å²) < 4.78 is 11.8. The number of benzene rings is 3. The van der Waals surface area contributed by atoms with E-state index >= 15 is 0 Å². The van der Waals surface area contributed by atoms with Gasteiger partial charge in [0.2, 0.25) is 0 Å². The number of piperidine rings is 1. The highest BCUT2D eigenvalue weighted by Gasteiger charge is 2.21. The van der Waals surface area contributed by atoms with Crippen LogP contribution in [0.1, 0.15) is 50.3 Å². The van der Waals surface area contributed by atoms with Crippen LogP contribution in [-0.4, -0.2) is 54.6 Å². The van der Waals surface area contributed by atoms with Gasteiger partial charge in [-0.1, -0.05) is 30.7 Å². The molecule has 1 heterocycles. The first kappa shape index (κ1) is 24.6. The fourth-order valence-corrected chi connectivity index (χ4v) is 5.21. The van der Waals surface area contributed by atoms with Gasteiger partial charge in [-0.15, -0.1) is 0 Å². The number of carbonyl (C=O) groups excluding carboxylic acids is 3. The van der Waals surface area contributed by atoms with Gasteiger partial charge >= 0.3 is 11.9 Å². The molecule has 0 spiro atoms. The van der Waals surface area contributed by atoms with E-state index in [0.29, 0.717) is 5.39 Å². The first-order valence-corrected chi connectivity index (χ1v) is 12.0. The minimum Gasteiger partial charge on any atom is -0.506 e. The van der Waals surface area contributed by atoms with Gasteiger partial charge in [-0.3, -0.25) is 4.79 Å². The lowest BCUT2D eigenvalue weighted by atomic mass is 10.0. The third-order valence-electron chi connectivity index (χ3n) is 5.80. The number of methoxy groups -OCH3 is 2. The molecular formula is C26H26N2O6S. The molecule has 1 amide bonds. The van der Waals surface area contributed by atoms with Crippen LogP contribution in [-0.2, 0) is 9.47 Å². The molecule has 0 atom stereocenters. The molecule has 0 unspecified atom stereocenters. The summed E-state index contributed by atoms with van der Waals surface area (Å²) in [6.07, 6.45) is 3.45. The summed E-state index contributed by atoms with van der Waals surface area (Å²) in [7, 11) is 2.44. The molecule has 1 aliphatic heterocycles. The maximum Gasteiger partial charge on any atom is 0.337 e. The number of phenolic OH excluding ortho intramolecular Hbond substituents is 1. The molecule has 2 N–H and O–H groups in total. The third-order valence-corrected chi connectivity index (χ3v) is 6.96. The molecule has 0 saturated carbocycles. The summed E-state index contributed by atoms with van der Waals surface area (Å²) in [4.78, 5) is 38.3. The van der Waals surface area contributed by atoms with Crippen LogP contribution in [0.5, 0.6) is 5.75 Å². The van der Waals surface area contributed by atoms with E-state index in [1.165, 1.54) is 38.8 Å². The van der Waals surface area contributed by atoms with Gasteiger partial charge in [-0.2, -0.15) is 0 Å². The predicted octanol–water partition coefficient (Wildman–Crippen LogP) is 4.86. The van der Waals surface area contributed by atoms with Gasteiger partial charge in [0.05, 0.1) is 30.9 Å². The van der Waals surface area contributed by atoms with Gasteiger partial charge in [0, 0.05) is 34.4 Å². The van der Waals surface area contributed by atoms with E-state index in [1.807, 2.05) is 18.2 Å². The Morgan fingerprint density at radius 1 is 0.886 bits per heavy atom. The number of hydrogen-bond acceptors (Lipinski definition) is 8. The average molecular weight is 495 g/mol. The van der Waals surface area contributed by atoms with E-state index in [1.54, 1.807) is 24.1 Å². The normalized spacial score (nSPS) is 13.9. The first-order chi connectivity index (χ1) is 16.9. The third kappa shape index (κ3) is 5.41. The SMILES string of the molecule is COC(=O)c1cc(NC(=O)c2cc(SN3CCCCC3)c3ccccc3c2O)cc(C(=O)OC)c1. The summed E-state index contributed by atoms with van der Waals surface area (Å²) >= 11 is 1.58. The fraction of sp³-hybridized carbons (Fsp3) is 0.269. The number of fused-ring (bicyclic) bond motifs is 1. The van der Waals surface area contributed by atoms with Gasteiger partial charge < -0.3 is 19.9 Å². The lowest BCUT2D eigenvalue weighted by Gasteiger charge is -2.26. The largest absolute Gasteiger partial charge is 0.506 e. The van der Waals surface area contributed by atoms with Crippen molar-refractivity contribution in [2.24, 2.45) is 0 Å². The number of amides is 1. The summed E-state index contributed by atoms with van der Waals surface area (Å²) in [6.45, 7) is 1.91. The van der Waals surface area contributed by atoms with E-state index in [2.05, 4.69) is 9.62 Å². The summed E-state index contributed by atoms with van der Waals surface area (Å²) in [5.74, 6) is -2.05. The highest BCUT2D eigenvalue weighted by molar-refractivity contribution is 7.97. The number of carbonyl (C=O) groups is 3. The molecule has 1 fully saturated rings. The van der Waals surface area contributed by atoms with Crippen LogP contribution in [0.2, 0.25) is 0 Å². The molecule has 4 rings (SSSR count). The molecule has 8 nitrogen and oxygen atoms in total. The Morgan fingerprint density at radius 3 is 2.09 bits per heavy atom. The Labute approximate surface area is 207 Å². The maximum absolute atomic E-state index is 13.3. The van der Waals surface area contributed by atoms with Crippen molar-refractivity contribution in [1.29, 1.82) is 0 Å². The minimum atomic E-state index is -0.667. The maximum atomic E-state index is 13.3. The van der Waals surface area contributed by atoms with Gasteiger partial charge in [0.25, 0.3) is 5.91 Å². The fourth-order valence-electron chi connectivity index (χ4n) is 4.04. The molecule has 0 radical (unpaired) electrons. The van der Waals surface area contributed by atoms with Crippen molar-refractivity contribution in [2.75, 3.05) is 32.6 Å². The molecule has 0 bridgehead atoms. The minimum absolute atomic E-state index is 0.0785. The van der Waals surface area contributed by atoms with E-state index in [9.17, 15) is 19.5 Å². The Bertz CT molecular complexity index is 1250. The number of nitrogens with one attached hydrogen (secondary N) is 1. The van der Waals surface area contributed by atoms with Crippen molar-refractivity contribution in [3.63, 3.8) is 0 Å². The van der Waals surface area contributed by atoms with Crippen molar-refractivity contribution in [3.05, 3.63) is 65.2 Å². The molecule has 3 aromatic rings. The number of nitrogens with zero attached hydrogens (tertiary/aromatic N) is 1. The second kappa shape index (κ2) is 10.8. The molecule has 1 saturated heterocycles. The van der Waals surface area contributed by atoms with Crippen molar-refractivity contribution < 1.29 is 29.0 Å². The van der Waals surface area contributed by atoms with Crippen LogP contribution < -0.4 is 5.32 Å². The smallest absolute Gasteiger partial charge is 0.337 e. The Kier molecular flexibility index (Phi) is 7.57. The number of hydrogen-bond donors (Lipinski definition) is 2. The van der Waals surface area contributed by atoms with E-state index < -0.39 is 17.8 Å². The summed E-state index contributed by atoms with van der Waals surface area (Å²) in [6, 6.07) is 13.2. The zero-order valence-corrected chi connectivity index (χ0v) is 20.3. The molecular weight excluding hydrogens is 468 g/mol. The van der Waals surface area contributed by atoms with Crippen LogP contribution >= 0.6 is 11.9 Å². The lowest BCUT2D eigenvalue weighted by molar-refractivity contribution is 0.0598. The molecule has 0 aromatic heterocycles. The van der Waals surface area contributed by atoms with Crippen molar-refractivity contribution in [2.45, 2.75) is 24.2 Å². The number of phenols is 1. The highest BCUT2D eigenvalue weighted by Crippen LogP contribution is 2.39. The Hall–Kier alpha value is -3.56. The van der Waals surface area contributed by atoms with E-state index in [4.69, 9.17) is 9.47 Å². The summed E-state index contributed by atoms with van der Waals surface area (Å²) in [5.41, 5.74) is 0.437. The first-order valence-electron chi connectivity index (χ1n) is 11.2. The van der Waals surface area contributed by atoms with Gasteiger partial charge in [-0.25, -0.2) is 13.9 Å². The molecule has 182 valence electrons. The Balaban J connectivity index is 1.71.